The van der Waals surface area contributed by atoms with Crippen LogP contribution >= 0.6 is 0 Å². The summed E-state index contributed by atoms with van der Waals surface area (Å²) in [5, 5.41) is 17.9. The van der Waals surface area contributed by atoms with Crippen molar-refractivity contribution in [2.75, 3.05) is 13.1 Å². The Morgan fingerprint density at radius 3 is 2.87 bits per heavy atom. The summed E-state index contributed by atoms with van der Waals surface area (Å²) < 4.78 is 1.66. The van der Waals surface area contributed by atoms with Crippen LogP contribution in [0.2, 0.25) is 0 Å². The smallest absolute Gasteiger partial charge is 0.244 e. The normalized spacial score (nSPS) is 19.1. The van der Waals surface area contributed by atoms with Crippen LogP contribution in [0, 0.1) is 0 Å². The van der Waals surface area contributed by atoms with Gasteiger partial charge in [0.2, 0.25) is 5.91 Å². The highest BCUT2D eigenvalue weighted by atomic mass is 16.1. The van der Waals surface area contributed by atoms with Crippen LogP contribution in [0.5, 0.6) is 0 Å². The van der Waals surface area contributed by atoms with Crippen LogP contribution in [0.15, 0.2) is 66.9 Å². The van der Waals surface area contributed by atoms with E-state index in [0.29, 0.717) is 11.5 Å². The average molecular weight is 399 g/mol. The molecule has 1 aliphatic rings. The van der Waals surface area contributed by atoms with Gasteiger partial charge in [-0.15, -0.1) is 10.2 Å². The minimum absolute atomic E-state index is 0.112. The summed E-state index contributed by atoms with van der Waals surface area (Å²) >= 11 is 0. The number of nitrogens with zero attached hydrogens (tertiary/aromatic N) is 4. The van der Waals surface area contributed by atoms with Gasteiger partial charge in [-0.05, 0) is 6.08 Å². The first kappa shape index (κ1) is 18.4. The number of carbonyl (C=O) groups is 1. The number of likely N-dealkylation sites (tertiary alicyclic amines) is 1. The van der Waals surface area contributed by atoms with Crippen molar-refractivity contribution in [1.29, 1.82) is 0 Å². The molecule has 1 saturated heterocycles. The fourth-order valence-corrected chi connectivity index (χ4v) is 4.11. The summed E-state index contributed by atoms with van der Waals surface area (Å²) in [6.07, 6.45) is 5.96. The standard InChI is InChI=1S/C23H22N6O/c30-22(25-19-12-13-28(16-19)15-17-6-2-1-3-7-17)11-10-21-26-27-23-20-9-5-4-8-18(20)14-24-29(21)23/h1-11,14,19H,12-13,15-16H2,(H,25,30)/p+1/b11-10+/t19-/m0/s1. The number of amides is 1. The first-order valence-corrected chi connectivity index (χ1v) is 10.2. The second kappa shape index (κ2) is 8.04. The van der Waals surface area contributed by atoms with Crippen molar-refractivity contribution in [3.63, 3.8) is 0 Å². The highest BCUT2D eigenvalue weighted by Crippen LogP contribution is 2.17. The minimum Gasteiger partial charge on any atom is -0.344 e. The van der Waals surface area contributed by atoms with Gasteiger partial charge in [0, 0.05) is 28.8 Å². The third-order valence-electron chi connectivity index (χ3n) is 5.59. The van der Waals surface area contributed by atoms with E-state index in [1.54, 1.807) is 16.8 Å². The largest absolute Gasteiger partial charge is 0.344 e. The molecule has 2 aromatic carbocycles. The van der Waals surface area contributed by atoms with Gasteiger partial charge in [-0.2, -0.15) is 9.61 Å². The fourth-order valence-electron chi connectivity index (χ4n) is 4.11. The van der Waals surface area contributed by atoms with Gasteiger partial charge >= 0.3 is 0 Å². The van der Waals surface area contributed by atoms with Crippen molar-refractivity contribution in [2.24, 2.45) is 0 Å². The van der Waals surface area contributed by atoms with Gasteiger partial charge in [-0.1, -0.05) is 54.6 Å². The summed E-state index contributed by atoms with van der Waals surface area (Å²) in [5.41, 5.74) is 2.02. The number of hydrogen-bond acceptors (Lipinski definition) is 4. The number of quaternary nitrogens is 1. The van der Waals surface area contributed by atoms with Gasteiger partial charge in [-0.25, -0.2) is 0 Å². The van der Waals surface area contributed by atoms with Crippen molar-refractivity contribution in [1.82, 2.24) is 25.1 Å². The lowest BCUT2D eigenvalue weighted by atomic mass is 10.2. The molecule has 2 atom stereocenters. The summed E-state index contributed by atoms with van der Waals surface area (Å²) in [4.78, 5) is 13.9. The molecule has 3 heterocycles. The van der Waals surface area contributed by atoms with Gasteiger partial charge in [0.05, 0.1) is 25.3 Å². The molecule has 1 amide bonds. The van der Waals surface area contributed by atoms with Gasteiger partial charge in [-0.3, -0.25) is 4.79 Å². The predicted molar refractivity (Wildman–Crippen MR) is 115 cm³/mol. The first-order chi connectivity index (χ1) is 14.8. The highest BCUT2D eigenvalue weighted by molar-refractivity contribution is 5.94. The Kier molecular flexibility index (Phi) is 4.94. The van der Waals surface area contributed by atoms with Crippen molar-refractivity contribution in [2.45, 2.75) is 19.0 Å². The molecule has 150 valence electrons. The second-order valence-electron chi connectivity index (χ2n) is 7.72. The van der Waals surface area contributed by atoms with E-state index in [1.807, 2.05) is 30.3 Å². The van der Waals surface area contributed by atoms with Crippen molar-refractivity contribution in [3.8, 4) is 0 Å². The number of carbonyl (C=O) groups excluding carboxylic acids is 1. The number of benzene rings is 2. The molecule has 7 heteroatoms. The Morgan fingerprint density at radius 2 is 1.97 bits per heavy atom. The van der Waals surface area contributed by atoms with Crippen LogP contribution in [-0.2, 0) is 11.3 Å². The maximum absolute atomic E-state index is 12.4. The topological polar surface area (TPSA) is 76.6 Å². The van der Waals surface area contributed by atoms with Crippen LogP contribution in [0.4, 0.5) is 0 Å². The quantitative estimate of drug-likeness (QED) is 0.496. The molecule has 0 aliphatic carbocycles. The molecule has 0 radical (unpaired) electrons. The van der Waals surface area contributed by atoms with Crippen LogP contribution in [-0.4, -0.2) is 44.8 Å². The molecular weight excluding hydrogens is 376 g/mol. The van der Waals surface area contributed by atoms with Crippen LogP contribution < -0.4 is 10.2 Å². The molecule has 1 aliphatic heterocycles. The van der Waals surface area contributed by atoms with Crippen LogP contribution in [0.3, 0.4) is 0 Å². The van der Waals surface area contributed by atoms with Gasteiger partial charge in [0.1, 0.15) is 6.54 Å². The van der Waals surface area contributed by atoms with Gasteiger partial charge in [0.15, 0.2) is 11.5 Å². The maximum atomic E-state index is 12.4. The lowest BCUT2D eigenvalue weighted by Gasteiger charge is -2.13. The summed E-state index contributed by atoms with van der Waals surface area (Å²) in [6.45, 7) is 3.00. The van der Waals surface area contributed by atoms with Crippen LogP contribution in [0.25, 0.3) is 22.5 Å². The first-order valence-electron chi connectivity index (χ1n) is 10.2. The third-order valence-corrected chi connectivity index (χ3v) is 5.59. The van der Waals surface area contributed by atoms with E-state index in [9.17, 15) is 4.79 Å². The Hall–Kier alpha value is -3.58. The number of nitrogens with one attached hydrogen (secondary N) is 2. The SMILES string of the molecule is O=C(/C=C/c1nnc2c3ccccc3cnn12)N[C@H]1CC[NH+](Cc2ccccc2)C1. The lowest BCUT2D eigenvalue weighted by Crippen LogP contribution is -3.09. The predicted octanol–water partition coefficient (Wildman–Crippen LogP) is 1.26. The number of hydrogen-bond donors (Lipinski definition) is 2. The summed E-state index contributed by atoms with van der Waals surface area (Å²) in [6, 6.07) is 18.6. The van der Waals surface area contributed by atoms with Crippen molar-refractivity contribution < 1.29 is 9.69 Å². The number of rotatable bonds is 5. The number of aromatic nitrogens is 4. The Balaban J connectivity index is 1.22. The van der Waals surface area contributed by atoms with Crippen LogP contribution in [0.1, 0.15) is 17.8 Å². The van der Waals surface area contributed by atoms with E-state index in [4.69, 9.17) is 0 Å². The highest BCUT2D eigenvalue weighted by Gasteiger charge is 2.26. The molecule has 1 fully saturated rings. The monoisotopic (exact) mass is 399 g/mol. The molecule has 7 nitrogen and oxygen atoms in total. The molecule has 4 aromatic rings. The molecular formula is C23H23N6O+. The zero-order chi connectivity index (χ0) is 20.3. The average Bonchev–Trinajstić information content (AvgIpc) is 3.39. The molecule has 5 rings (SSSR count). The van der Waals surface area contributed by atoms with E-state index in [1.165, 1.54) is 16.5 Å². The Labute approximate surface area is 174 Å². The van der Waals surface area contributed by atoms with Crippen molar-refractivity contribution >= 4 is 28.4 Å². The van der Waals surface area contributed by atoms with E-state index in [2.05, 4.69) is 44.9 Å². The van der Waals surface area contributed by atoms with E-state index >= 15 is 0 Å². The molecule has 2 N–H and O–H groups in total. The Bertz CT molecular complexity index is 1220. The van der Waals surface area contributed by atoms with E-state index < -0.39 is 0 Å². The molecule has 0 spiro atoms. The maximum Gasteiger partial charge on any atom is 0.244 e. The molecule has 1 unspecified atom stereocenters. The zero-order valence-electron chi connectivity index (χ0n) is 16.5. The molecule has 0 bridgehead atoms. The van der Waals surface area contributed by atoms with E-state index in [0.717, 1.165) is 36.8 Å². The van der Waals surface area contributed by atoms with Gasteiger partial charge in [0.25, 0.3) is 0 Å². The van der Waals surface area contributed by atoms with Crippen molar-refractivity contribution in [3.05, 3.63) is 78.3 Å². The lowest BCUT2D eigenvalue weighted by molar-refractivity contribution is -0.901. The third kappa shape index (κ3) is 3.79. The molecule has 30 heavy (non-hydrogen) atoms. The van der Waals surface area contributed by atoms with E-state index in [-0.39, 0.29) is 11.9 Å². The zero-order valence-corrected chi connectivity index (χ0v) is 16.5. The molecule has 0 saturated carbocycles. The minimum atomic E-state index is -0.112. The molecule has 2 aromatic heterocycles. The number of fused-ring (bicyclic) bond motifs is 3. The van der Waals surface area contributed by atoms with Gasteiger partial charge < -0.3 is 10.2 Å². The summed E-state index contributed by atoms with van der Waals surface area (Å²) in [5.74, 6) is 0.423. The Morgan fingerprint density at radius 1 is 1.13 bits per heavy atom. The summed E-state index contributed by atoms with van der Waals surface area (Å²) in [7, 11) is 0. The second-order valence-corrected chi connectivity index (χ2v) is 7.72. The fraction of sp³-hybridized carbons (Fsp3) is 0.217.